The lowest BCUT2D eigenvalue weighted by atomic mass is 9.88. The Labute approximate surface area is 111 Å². The zero-order chi connectivity index (χ0) is 11.9. The number of hydrogen-bond acceptors (Lipinski definition) is 3. The molecule has 0 spiro atoms. The summed E-state index contributed by atoms with van der Waals surface area (Å²) in [6.45, 7) is 6.75. The molecule has 0 amide bonds. The molecule has 4 aliphatic heterocycles. The zero-order valence-electron chi connectivity index (χ0n) is 11.5. The van der Waals surface area contributed by atoms with Gasteiger partial charge in [-0.2, -0.15) is 0 Å². The van der Waals surface area contributed by atoms with Crippen LogP contribution >= 0.6 is 0 Å². The van der Waals surface area contributed by atoms with E-state index in [2.05, 4.69) is 15.1 Å². The first-order valence-corrected chi connectivity index (χ1v) is 8.11. The van der Waals surface area contributed by atoms with Gasteiger partial charge >= 0.3 is 0 Å². The van der Waals surface area contributed by atoms with E-state index in [4.69, 9.17) is 0 Å². The highest BCUT2D eigenvalue weighted by atomic mass is 15.3. The van der Waals surface area contributed by atoms with Crippen LogP contribution in [0.25, 0.3) is 0 Å². The molecule has 4 saturated heterocycles. The lowest BCUT2D eigenvalue weighted by Gasteiger charge is -2.45. The molecule has 4 fully saturated rings. The zero-order valence-corrected chi connectivity index (χ0v) is 11.5. The largest absolute Gasteiger partial charge is 0.311 e. The molecule has 1 N–H and O–H groups in total. The summed E-state index contributed by atoms with van der Waals surface area (Å²) in [7, 11) is 0. The Morgan fingerprint density at radius 1 is 1.00 bits per heavy atom. The van der Waals surface area contributed by atoms with E-state index in [9.17, 15) is 0 Å². The highest BCUT2D eigenvalue weighted by molar-refractivity contribution is 4.99. The van der Waals surface area contributed by atoms with Gasteiger partial charge in [0.1, 0.15) is 0 Å². The number of piperidine rings is 1. The maximum Gasteiger partial charge on any atom is 0.0223 e. The number of nitrogens with zero attached hydrogens (tertiary/aromatic N) is 2. The average molecular weight is 249 g/mol. The van der Waals surface area contributed by atoms with E-state index < -0.39 is 0 Å². The Bertz CT molecular complexity index is 306. The van der Waals surface area contributed by atoms with Crippen LogP contribution in [0.4, 0.5) is 0 Å². The fourth-order valence-electron chi connectivity index (χ4n) is 4.86. The third kappa shape index (κ3) is 2.10. The molecule has 0 aromatic rings. The van der Waals surface area contributed by atoms with Crippen LogP contribution in [-0.4, -0.2) is 60.6 Å². The molecule has 102 valence electrons. The minimum absolute atomic E-state index is 0.861. The standard InChI is InChI=1S/C15H27N3/c1-2-6-18-8-7-17(11-14(18)3-1)10-12-9-13-4-5-15(12)16-13/h12-16H,1-11H2. The predicted octanol–water partition coefficient (Wildman–Crippen LogP) is 1.30. The number of nitrogens with one attached hydrogen (secondary N) is 1. The highest BCUT2D eigenvalue weighted by Gasteiger charge is 2.40. The van der Waals surface area contributed by atoms with Gasteiger partial charge in [0, 0.05) is 44.3 Å². The third-order valence-electron chi connectivity index (χ3n) is 5.85. The molecule has 4 rings (SSSR count). The van der Waals surface area contributed by atoms with E-state index in [0.29, 0.717) is 0 Å². The molecule has 18 heavy (non-hydrogen) atoms. The molecule has 4 heterocycles. The second-order valence-corrected chi connectivity index (χ2v) is 6.99. The molecule has 2 bridgehead atoms. The molecule has 3 nitrogen and oxygen atoms in total. The van der Waals surface area contributed by atoms with E-state index in [0.717, 1.165) is 24.0 Å². The molecule has 4 aliphatic rings. The molecular weight excluding hydrogens is 222 g/mol. The van der Waals surface area contributed by atoms with Crippen molar-refractivity contribution in [3.05, 3.63) is 0 Å². The minimum Gasteiger partial charge on any atom is -0.311 e. The van der Waals surface area contributed by atoms with Crippen LogP contribution < -0.4 is 5.32 Å². The Morgan fingerprint density at radius 2 is 2.00 bits per heavy atom. The van der Waals surface area contributed by atoms with Crippen molar-refractivity contribution < 1.29 is 0 Å². The van der Waals surface area contributed by atoms with Gasteiger partial charge in [0.2, 0.25) is 0 Å². The Hall–Kier alpha value is -0.120. The summed E-state index contributed by atoms with van der Waals surface area (Å²) in [5, 5.41) is 3.79. The molecule has 4 atom stereocenters. The fraction of sp³-hybridized carbons (Fsp3) is 1.00. The SMILES string of the molecule is C1CCN2CCN(CC3CC4CCC3N4)CC2C1. The summed E-state index contributed by atoms with van der Waals surface area (Å²) in [5.41, 5.74) is 0. The van der Waals surface area contributed by atoms with Crippen LogP contribution in [0.3, 0.4) is 0 Å². The van der Waals surface area contributed by atoms with Crippen molar-refractivity contribution in [2.24, 2.45) is 5.92 Å². The molecule has 0 saturated carbocycles. The Balaban J connectivity index is 1.33. The Morgan fingerprint density at radius 3 is 2.83 bits per heavy atom. The van der Waals surface area contributed by atoms with Crippen molar-refractivity contribution in [2.75, 3.05) is 32.7 Å². The average Bonchev–Trinajstić information content (AvgIpc) is 3.01. The van der Waals surface area contributed by atoms with Crippen LogP contribution in [0, 0.1) is 5.92 Å². The molecule has 4 unspecified atom stereocenters. The normalized spacial score (nSPS) is 45.3. The molecule has 0 aromatic carbocycles. The van der Waals surface area contributed by atoms with Crippen LogP contribution in [0.15, 0.2) is 0 Å². The summed E-state index contributed by atoms with van der Waals surface area (Å²) >= 11 is 0. The van der Waals surface area contributed by atoms with Gasteiger partial charge in [-0.05, 0) is 44.6 Å². The topological polar surface area (TPSA) is 18.5 Å². The van der Waals surface area contributed by atoms with E-state index in [1.165, 1.54) is 71.2 Å². The van der Waals surface area contributed by atoms with Crippen LogP contribution in [0.1, 0.15) is 38.5 Å². The van der Waals surface area contributed by atoms with E-state index in [1.807, 2.05) is 0 Å². The summed E-state index contributed by atoms with van der Waals surface area (Å²) in [4.78, 5) is 5.53. The van der Waals surface area contributed by atoms with Crippen molar-refractivity contribution in [3.8, 4) is 0 Å². The second-order valence-electron chi connectivity index (χ2n) is 6.99. The first-order chi connectivity index (χ1) is 8.88. The summed E-state index contributed by atoms with van der Waals surface area (Å²) in [6, 6.07) is 2.62. The van der Waals surface area contributed by atoms with E-state index in [1.54, 1.807) is 0 Å². The number of hydrogen-bond donors (Lipinski definition) is 1. The number of fused-ring (bicyclic) bond motifs is 3. The maximum absolute atomic E-state index is 3.79. The van der Waals surface area contributed by atoms with Gasteiger partial charge in [-0.25, -0.2) is 0 Å². The third-order valence-corrected chi connectivity index (χ3v) is 5.85. The van der Waals surface area contributed by atoms with Crippen molar-refractivity contribution >= 4 is 0 Å². The summed E-state index contributed by atoms with van der Waals surface area (Å²) in [5.74, 6) is 0.957. The fourth-order valence-corrected chi connectivity index (χ4v) is 4.86. The first-order valence-electron chi connectivity index (χ1n) is 8.11. The molecule has 3 heteroatoms. The lowest BCUT2D eigenvalue weighted by molar-refractivity contribution is 0.0398. The van der Waals surface area contributed by atoms with Gasteiger partial charge in [-0.3, -0.25) is 4.90 Å². The monoisotopic (exact) mass is 249 g/mol. The number of rotatable bonds is 2. The lowest BCUT2D eigenvalue weighted by Crippen LogP contribution is -2.55. The van der Waals surface area contributed by atoms with Gasteiger partial charge < -0.3 is 10.2 Å². The first kappa shape index (κ1) is 11.7. The van der Waals surface area contributed by atoms with Gasteiger partial charge in [0.25, 0.3) is 0 Å². The van der Waals surface area contributed by atoms with Gasteiger partial charge in [-0.1, -0.05) is 6.42 Å². The van der Waals surface area contributed by atoms with Gasteiger partial charge in [-0.15, -0.1) is 0 Å². The van der Waals surface area contributed by atoms with Crippen molar-refractivity contribution in [1.29, 1.82) is 0 Å². The van der Waals surface area contributed by atoms with Gasteiger partial charge in [0.15, 0.2) is 0 Å². The smallest absolute Gasteiger partial charge is 0.0223 e. The number of piperazine rings is 1. The maximum atomic E-state index is 3.79. The second kappa shape index (κ2) is 4.77. The van der Waals surface area contributed by atoms with Gasteiger partial charge in [0.05, 0.1) is 0 Å². The van der Waals surface area contributed by atoms with Crippen molar-refractivity contribution in [1.82, 2.24) is 15.1 Å². The van der Waals surface area contributed by atoms with Crippen LogP contribution in [-0.2, 0) is 0 Å². The van der Waals surface area contributed by atoms with Crippen molar-refractivity contribution in [2.45, 2.75) is 56.7 Å². The van der Waals surface area contributed by atoms with Crippen LogP contribution in [0.2, 0.25) is 0 Å². The predicted molar refractivity (Wildman–Crippen MR) is 73.7 cm³/mol. The molecular formula is C15H27N3. The van der Waals surface area contributed by atoms with E-state index >= 15 is 0 Å². The molecule has 0 aliphatic carbocycles. The highest BCUT2D eigenvalue weighted by Crippen LogP contribution is 2.34. The molecule has 0 aromatic heterocycles. The van der Waals surface area contributed by atoms with Crippen molar-refractivity contribution in [3.63, 3.8) is 0 Å². The van der Waals surface area contributed by atoms with Crippen LogP contribution in [0.5, 0.6) is 0 Å². The quantitative estimate of drug-likeness (QED) is 0.796. The summed E-state index contributed by atoms with van der Waals surface area (Å²) in [6.07, 6.45) is 8.69. The minimum atomic E-state index is 0.861. The summed E-state index contributed by atoms with van der Waals surface area (Å²) < 4.78 is 0. The Kier molecular flexibility index (Phi) is 3.10. The van der Waals surface area contributed by atoms with E-state index in [-0.39, 0.29) is 0 Å². The molecule has 0 radical (unpaired) electrons.